The number of nitrogens with zero attached hydrogens (tertiary/aromatic N) is 3. The maximum atomic E-state index is 12.7. The Balaban J connectivity index is 1.40. The zero-order valence-electron chi connectivity index (χ0n) is 17.5. The molecule has 1 unspecified atom stereocenters. The van der Waals surface area contributed by atoms with Crippen molar-refractivity contribution in [2.45, 2.75) is 25.2 Å². The molecule has 0 radical (unpaired) electrons. The molecule has 1 aliphatic heterocycles. The number of carbonyl (C=O) groups is 2. The van der Waals surface area contributed by atoms with Gasteiger partial charge in [-0.05, 0) is 29.8 Å². The third-order valence-electron chi connectivity index (χ3n) is 4.83. The van der Waals surface area contributed by atoms with Crippen molar-refractivity contribution in [3.63, 3.8) is 0 Å². The molecule has 0 saturated carbocycles. The number of nitrogens with one attached hydrogen (secondary N) is 1. The number of primary amides is 1. The number of para-hydroxylation sites is 1. The van der Waals surface area contributed by atoms with Gasteiger partial charge in [0.25, 0.3) is 5.91 Å². The maximum Gasteiger partial charge on any atom is 0.573 e. The van der Waals surface area contributed by atoms with Crippen LogP contribution in [0.25, 0.3) is 0 Å². The van der Waals surface area contributed by atoms with E-state index in [1.165, 1.54) is 40.6 Å². The van der Waals surface area contributed by atoms with E-state index in [1.807, 2.05) is 6.07 Å². The van der Waals surface area contributed by atoms with Crippen molar-refractivity contribution in [2.75, 3.05) is 10.3 Å². The molecule has 176 valence electrons. The van der Waals surface area contributed by atoms with Crippen LogP contribution in [0.5, 0.6) is 5.75 Å². The van der Waals surface area contributed by atoms with Crippen LogP contribution in [0.1, 0.15) is 16.9 Å². The van der Waals surface area contributed by atoms with Gasteiger partial charge in [0, 0.05) is 23.9 Å². The van der Waals surface area contributed by atoms with Crippen LogP contribution in [-0.2, 0) is 16.0 Å². The zero-order valence-corrected chi connectivity index (χ0v) is 18.3. The van der Waals surface area contributed by atoms with Crippen molar-refractivity contribution in [2.24, 2.45) is 10.8 Å². The zero-order chi connectivity index (χ0) is 24.3. The molecule has 3 N–H and O–H groups in total. The molecule has 0 fully saturated rings. The standard InChI is InChI=1S/C22H18F3N5O3S/c23-22(24,25)33-15-8-6-13(7-9-15)10-16-12-27-21(34-16)28-20(32)17-11-18(19(26)31)30(29-17)14-4-2-1-3-5-14/h1-9,12,18H,10-11H2,(H2,26,31)(H,27,28,32). The molecule has 2 heterocycles. The van der Waals surface area contributed by atoms with Crippen LogP contribution < -0.4 is 20.8 Å². The third kappa shape index (κ3) is 5.70. The summed E-state index contributed by atoms with van der Waals surface area (Å²) in [5.41, 5.74) is 7.03. The summed E-state index contributed by atoms with van der Waals surface area (Å²) < 4.78 is 40.7. The SMILES string of the molecule is NC(=O)C1CC(C(=O)Nc2ncc(Cc3ccc(OC(F)(F)F)cc3)s2)=NN1c1ccccc1. The Hall–Kier alpha value is -3.93. The Bertz CT molecular complexity index is 1210. The van der Waals surface area contributed by atoms with Gasteiger partial charge in [0.15, 0.2) is 5.13 Å². The van der Waals surface area contributed by atoms with Crippen molar-refractivity contribution >= 4 is 39.7 Å². The van der Waals surface area contributed by atoms with Crippen molar-refractivity contribution in [3.05, 3.63) is 71.2 Å². The van der Waals surface area contributed by atoms with E-state index in [0.717, 1.165) is 10.4 Å². The summed E-state index contributed by atoms with van der Waals surface area (Å²) in [6.45, 7) is 0. The average Bonchev–Trinajstić information content (AvgIpc) is 3.42. The first-order valence-corrected chi connectivity index (χ1v) is 10.8. The second kappa shape index (κ2) is 9.51. The lowest BCUT2D eigenvalue weighted by Gasteiger charge is -2.20. The van der Waals surface area contributed by atoms with Crippen molar-refractivity contribution in [1.29, 1.82) is 0 Å². The van der Waals surface area contributed by atoms with Crippen LogP contribution in [0.15, 0.2) is 65.9 Å². The van der Waals surface area contributed by atoms with Gasteiger partial charge in [-0.25, -0.2) is 4.98 Å². The minimum absolute atomic E-state index is 0.0562. The Labute approximate surface area is 195 Å². The van der Waals surface area contributed by atoms with E-state index in [-0.39, 0.29) is 17.9 Å². The van der Waals surface area contributed by atoms with Crippen LogP contribution in [0, 0.1) is 0 Å². The molecule has 2 aromatic carbocycles. The summed E-state index contributed by atoms with van der Waals surface area (Å²) >= 11 is 1.22. The van der Waals surface area contributed by atoms with Crippen molar-refractivity contribution < 1.29 is 27.5 Å². The summed E-state index contributed by atoms with van der Waals surface area (Å²) in [5, 5.41) is 8.71. The van der Waals surface area contributed by atoms with Crippen molar-refractivity contribution in [1.82, 2.24) is 4.98 Å². The Kier molecular flexibility index (Phi) is 6.50. The highest BCUT2D eigenvalue weighted by Gasteiger charge is 2.35. The summed E-state index contributed by atoms with van der Waals surface area (Å²) in [5.74, 6) is -1.40. The van der Waals surface area contributed by atoms with Crippen LogP contribution in [0.2, 0.25) is 0 Å². The smallest absolute Gasteiger partial charge is 0.406 e. The Morgan fingerprint density at radius 3 is 2.50 bits per heavy atom. The van der Waals surface area contributed by atoms with Crippen molar-refractivity contribution in [3.8, 4) is 5.75 Å². The summed E-state index contributed by atoms with van der Waals surface area (Å²) in [6.07, 6.45) is -2.71. The molecule has 4 rings (SSSR count). The third-order valence-corrected chi connectivity index (χ3v) is 5.74. The summed E-state index contributed by atoms with van der Waals surface area (Å²) in [7, 11) is 0. The van der Waals surface area contributed by atoms with Gasteiger partial charge in [0.2, 0.25) is 5.91 Å². The molecule has 12 heteroatoms. The minimum atomic E-state index is -4.74. The summed E-state index contributed by atoms with van der Waals surface area (Å²) in [6, 6.07) is 13.6. The lowest BCUT2D eigenvalue weighted by molar-refractivity contribution is -0.274. The fourth-order valence-electron chi connectivity index (χ4n) is 3.31. The van der Waals surface area contributed by atoms with E-state index >= 15 is 0 Å². The van der Waals surface area contributed by atoms with Gasteiger partial charge in [-0.1, -0.05) is 30.3 Å². The number of benzene rings is 2. The number of aromatic nitrogens is 1. The minimum Gasteiger partial charge on any atom is -0.406 e. The van der Waals surface area contributed by atoms with Gasteiger partial charge in [-0.3, -0.25) is 19.9 Å². The molecule has 8 nitrogen and oxygen atoms in total. The Morgan fingerprint density at radius 2 is 1.85 bits per heavy atom. The van der Waals surface area contributed by atoms with E-state index in [4.69, 9.17) is 5.73 Å². The number of hydrogen-bond acceptors (Lipinski definition) is 7. The molecular formula is C22H18F3N5O3S. The number of anilines is 2. The molecule has 0 spiro atoms. The molecule has 1 atom stereocenters. The van der Waals surface area contributed by atoms with E-state index < -0.39 is 24.2 Å². The molecule has 0 saturated heterocycles. The first-order valence-electron chi connectivity index (χ1n) is 10.00. The topological polar surface area (TPSA) is 110 Å². The molecule has 2 amide bonds. The molecule has 1 aliphatic rings. The number of rotatable bonds is 7. The molecule has 0 bridgehead atoms. The van der Waals surface area contributed by atoms with Crippen LogP contribution >= 0.6 is 11.3 Å². The largest absolute Gasteiger partial charge is 0.573 e. The first-order chi connectivity index (χ1) is 16.2. The highest BCUT2D eigenvalue weighted by Crippen LogP contribution is 2.27. The molecule has 0 aliphatic carbocycles. The lowest BCUT2D eigenvalue weighted by Crippen LogP contribution is -2.39. The number of alkyl halides is 3. The fraction of sp³-hybridized carbons (Fsp3) is 0.182. The lowest BCUT2D eigenvalue weighted by atomic mass is 10.1. The monoisotopic (exact) mass is 489 g/mol. The van der Waals surface area contributed by atoms with Gasteiger partial charge in [-0.2, -0.15) is 5.10 Å². The van der Waals surface area contributed by atoms with Gasteiger partial charge in [0.1, 0.15) is 17.5 Å². The number of hydrazone groups is 1. The van der Waals surface area contributed by atoms with Crippen LogP contribution in [0.3, 0.4) is 0 Å². The quantitative estimate of drug-likeness (QED) is 0.526. The van der Waals surface area contributed by atoms with E-state index in [9.17, 15) is 22.8 Å². The van der Waals surface area contributed by atoms with Gasteiger partial charge < -0.3 is 10.5 Å². The average molecular weight is 489 g/mol. The second-order valence-electron chi connectivity index (χ2n) is 7.30. The molecule has 3 aromatic rings. The van der Waals surface area contributed by atoms with Gasteiger partial charge in [-0.15, -0.1) is 24.5 Å². The molecule has 1 aromatic heterocycles. The Morgan fingerprint density at radius 1 is 1.15 bits per heavy atom. The molecule has 34 heavy (non-hydrogen) atoms. The predicted octanol–water partition coefficient (Wildman–Crippen LogP) is 3.69. The highest BCUT2D eigenvalue weighted by molar-refractivity contribution is 7.15. The van der Waals surface area contributed by atoms with E-state index in [1.54, 1.807) is 30.5 Å². The first kappa shape index (κ1) is 23.2. The number of carbonyl (C=O) groups excluding carboxylic acids is 2. The number of halogens is 3. The van der Waals surface area contributed by atoms with Crippen LogP contribution in [0.4, 0.5) is 24.0 Å². The highest BCUT2D eigenvalue weighted by atomic mass is 32.1. The van der Waals surface area contributed by atoms with E-state index in [0.29, 0.717) is 17.2 Å². The fourth-order valence-corrected chi connectivity index (χ4v) is 4.16. The predicted molar refractivity (Wildman–Crippen MR) is 121 cm³/mol. The van der Waals surface area contributed by atoms with Crippen LogP contribution in [-0.4, -0.2) is 34.9 Å². The van der Waals surface area contributed by atoms with Gasteiger partial charge in [0.05, 0.1) is 5.69 Å². The normalized spacial score (nSPS) is 15.7. The number of thiazole rings is 1. The number of amides is 2. The molecular weight excluding hydrogens is 471 g/mol. The summed E-state index contributed by atoms with van der Waals surface area (Å²) in [4.78, 5) is 29.6. The number of ether oxygens (including phenoxy) is 1. The second-order valence-corrected chi connectivity index (χ2v) is 8.42. The van der Waals surface area contributed by atoms with E-state index in [2.05, 4.69) is 20.1 Å². The maximum absolute atomic E-state index is 12.7. The van der Waals surface area contributed by atoms with Gasteiger partial charge >= 0.3 is 6.36 Å². The number of hydrogen-bond donors (Lipinski definition) is 2. The number of nitrogens with two attached hydrogens (primary N) is 1.